The van der Waals surface area contributed by atoms with E-state index in [2.05, 4.69) is 12.2 Å². The molecule has 0 bridgehead atoms. The molecule has 0 spiro atoms. The summed E-state index contributed by atoms with van der Waals surface area (Å²) in [5.74, 6) is 0.670. The van der Waals surface area contributed by atoms with Crippen LogP contribution in [0.3, 0.4) is 0 Å². The summed E-state index contributed by atoms with van der Waals surface area (Å²) in [6.45, 7) is 2.06. The Morgan fingerprint density at radius 1 is 1.36 bits per heavy atom. The predicted octanol–water partition coefficient (Wildman–Crippen LogP) is 2.15. The van der Waals surface area contributed by atoms with Gasteiger partial charge >= 0.3 is 0 Å². The molecule has 118 valence electrons. The van der Waals surface area contributed by atoms with Crippen LogP contribution < -0.4 is 10.2 Å². The third kappa shape index (κ3) is 2.56. The first-order valence-corrected chi connectivity index (χ1v) is 8.44. The average Bonchev–Trinajstić information content (AvgIpc) is 2.97. The molecule has 0 saturated carbocycles. The summed E-state index contributed by atoms with van der Waals surface area (Å²) in [4.78, 5) is 28.2. The van der Waals surface area contributed by atoms with Crippen LogP contribution in [0.5, 0.6) is 0 Å². The van der Waals surface area contributed by atoms with E-state index in [-0.39, 0.29) is 22.7 Å². The zero-order valence-corrected chi connectivity index (χ0v) is 13.9. The lowest BCUT2D eigenvalue weighted by Crippen LogP contribution is -2.48. The summed E-state index contributed by atoms with van der Waals surface area (Å²) in [6, 6.07) is 7.34. The number of hydrogen-bond acceptors (Lipinski definition) is 4. The van der Waals surface area contributed by atoms with E-state index in [4.69, 9.17) is 0 Å². The van der Waals surface area contributed by atoms with Crippen LogP contribution in [0.2, 0.25) is 0 Å². The Morgan fingerprint density at radius 2 is 2.05 bits per heavy atom. The van der Waals surface area contributed by atoms with Gasteiger partial charge < -0.3 is 15.1 Å². The molecule has 1 aromatic rings. The highest BCUT2D eigenvalue weighted by Crippen LogP contribution is 2.47. The number of thioether (sulfide) groups is 1. The van der Waals surface area contributed by atoms with Gasteiger partial charge in [0.25, 0.3) is 0 Å². The van der Waals surface area contributed by atoms with E-state index in [9.17, 15) is 9.59 Å². The summed E-state index contributed by atoms with van der Waals surface area (Å²) in [6.07, 6.45) is 1.38. The van der Waals surface area contributed by atoms with Crippen molar-refractivity contribution in [1.29, 1.82) is 0 Å². The van der Waals surface area contributed by atoms with Crippen LogP contribution >= 0.6 is 11.8 Å². The molecule has 2 saturated heterocycles. The van der Waals surface area contributed by atoms with Crippen molar-refractivity contribution in [3.05, 3.63) is 24.3 Å². The van der Waals surface area contributed by atoms with Crippen LogP contribution in [0.4, 0.5) is 11.4 Å². The molecule has 6 heteroatoms. The molecule has 1 N–H and O–H groups in total. The number of amides is 2. The maximum atomic E-state index is 12.5. The highest BCUT2D eigenvalue weighted by molar-refractivity contribution is 8.01. The van der Waals surface area contributed by atoms with Gasteiger partial charge in [0.05, 0.1) is 4.87 Å². The van der Waals surface area contributed by atoms with Gasteiger partial charge in [-0.3, -0.25) is 9.59 Å². The van der Waals surface area contributed by atoms with Crippen molar-refractivity contribution >= 4 is 35.0 Å². The fourth-order valence-electron chi connectivity index (χ4n) is 3.08. The molecular weight excluding hydrogens is 298 g/mol. The van der Waals surface area contributed by atoms with Crippen molar-refractivity contribution in [3.63, 3.8) is 0 Å². The first-order valence-electron chi connectivity index (χ1n) is 7.45. The molecule has 2 aliphatic heterocycles. The summed E-state index contributed by atoms with van der Waals surface area (Å²) in [5, 5.41) is 2.94. The van der Waals surface area contributed by atoms with Crippen LogP contribution in [0.15, 0.2) is 24.3 Å². The number of nitrogens with one attached hydrogen (secondary N) is 1. The minimum atomic E-state index is -0.362. The standard InChI is InChI=1S/C16H21N3O2S/c1-16-9-8-14(20)19(16)13(10-22-16)15(21)17-11-4-6-12(7-5-11)18(2)3/h4-7,13H,8-10H2,1-3H3,(H,17,21). The van der Waals surface area contributed by atoms with E-state index in [1.165, 1.54) is 0 Å². The topological polar surface area (TPSA) is 52.7 Å². The third-order valence-electron chi connectivity index (χ3n) is 4.40. The summed E-state index contributed by atoms with van der Waals surface area (Å²) in [5.41, 5.74) is 1.84. The number of fused-ring (bicyclic) bond motifs is 1. The molecule has 2 atom stereocenters. The second-order valence-electron chi connectivity index (χ2n) is 6.20. The minimum Gasteiger partial charge on any atom is -0.378 e. The van der Waals surface area contributed by atoms with Crippen LogP contribution in [0.1, 0.15) is 19.8 Å². The molecule has 0 radical (unpaired) electrons. The quantitative estimate of drug-likeness (QED) is 0.927. The van der Waals surface area contributed by atoms with E-state index >= 15 is 0 Å². The Labute approximate surface area is 135 Å². The normalized spacial score (nSPS) is 27.0. The van der Waals surface area contributed by atoms with E-state index in [1.54, 1.807) is 16.7 Å². The largest absolute Gasteiger partial charge is 0.378 e. The van der Waals surface area contributed by atoms with E-state index in [0.717, 1.165) is 17.8 Å². The Balaban J connectivity index is 1.71. The monoisotopic (exact) mass is 319 g/mol. The van der Waals surface area contributed by atoms with Crippen molar-refractivity contribution in [2.45, 2.75) is 30.7 Å². The van der Waals surface area contributed by atoms with Crippen molar-refractivity contribution in [1.82, 2.24) is 4.90 Å². The maximum absolute atomic E-state index is 12.5. The van der Waals surface area contributed by atoms with Crippen LogP contribution in [0.25, 0.3) is 0 Å². The van der Waals surface area contributed by atoms with Gasteiger partial charge in [-0.2, -0.15) is 0 Å². The molecule has 0 aromatic heterocycles. The lowest BCUT2D eigenvalue weighted by Gasteiger charge is -2.29. The van der Waals surface area contributed by atoms with Gasteiger partial charge in [0.1, 0.15) is 6.04 Å². The lowest BCUT2D eigenvalue weighted by atomic mass is 10.2. The van der Waals surface area contributed by atoms with Crippen LogP contribution in [-0.4, -0.2) is 47.5 Å². The molecule has 5 nitrogen and oxygen atoms in total. The third-order valence-corrected chi connectivity index (χ3v) is 5.90. The highest BCUT2D eigenvalue weighted by atomic mass is 32.2. The van der Waals surface area contributed by atoms with Gasteiger partial charge in [-0.05, 0) is 37.6 Å². The summed E-state index contributed by atoms with van der Waals surface area (Å²) >= 11 is 1.71. The van der Waals surface area contributed by atoms with Gasteiger partial charge in [0, 0.05) is 37.6 Å². The molecule has 1 aromatic carbocycles. The highest BCUT2D eigenvalue weighted by Gasteiger charge is 2.52. The molecular formula is C16H21N3O2S. The summed E-state index contributed by atoms with van der Waals surface area (Å²) < 4.78 is 0. The number of carbonyl (C=O) groups is 2. The number of rotatable bonds is 3. The van der Waals surface area contributed by atoms with E-state index < -0.39 is 0 Å². The Bertz CT molecular complexity index is 602. The molecule has 2 unspecified atom stereocenters. The molecule has 0 aliphatic carbocycles. The second-order valence-corrected chi connectivity index (χ2v) is 7.70. The van der Waals surface area contributed by atoms with Gasteiger partial charge in [-0.1, -0.05) is 0 Å². The predicted molar refractivity (Wildman–Crippen MR) is 90.1 cm³/mol. The molecule has 2 fully saturated rings. The number of anilines is 2. The lowest BCUT2D eigenvalue weighted by molar-refractivity contribution is -0.135. The molecule has 2 amide bonds. The van der Waals surface area contributed by atoms with Gasteiger partial charge in [-0.25, -0.2) is 0 Å². The van der Waals surface area contributed by atoms with Crippen molar-refractivity contribution in [3.8, 4) is 0 Å². The Morgan fingerprint density at radius 3 is 2.68 bits per heavy atom. The molecule has 22 heavy (non-hydrogen) atoms. The fourth-order valence-corrected chi connectivity index (χ4v) is 4.52. The van der Waals surface area contributed by atoms with Gasteiger partial charge in [0.2, 0.25) is 11.8 Å². The fraction of sp³-hybridized carbons (Fsp3) is 0.500. The Hall–Kier alpha value is -1.69. The summed E-state index contributed by atoms with van der Waals surface area (Å²) in [7, 11) is 3.95. The Kier molecular flexibility index (Phi) is 3.80. The minimum absolute atomic E-state index is 0.0932. The van der Waals surface area contributed by atoms with Crippen LogP contribution in [0, 0.1) is 0 Å². The smallest absolute Gasteiger partial charge is 0.248 e. The zero-order valence-electron chi connectivity index (χ0n) is 13.1. The average molecular weight is 319 g/mol. The van der Waals surface area contributed by atoms with Gasteiger partial charge in [0.15, 0.2) is 0 Å². The zero-order chi connectivity index (χ0) is 15.9. The molecule has 2 heterocycles. The van der Waals surface area contributed by atoms with Crippen LogP contribution in [-0.2, 0) is 9.59 Å². The second kappa shape index (κ2) is 5.50. The number of benzene rings is 1. The first-order chi connectivity index (χ1) is 10.4. The number of hydrogen-bond donors (Lipinski definition) is 1. The molecule has 3 rings (SSSR count). The molecule has 2 aliphatic rings. The maximum Gasteiger partial charge on any atom is 0.248 e. The SMILES string of the molecule is CN(C)c1ccc(NC(=O)C2CSC3(C)CCC(=O)N23)cc1. The number of nitrogens with zero attached hydrogens (tertiary/aromatic N) is 2. The number of carbonyl (C=O) groups excluding carboxylic acids is 2. The van der Waals surface area contributed by atoms with Crippen molar-refractivity contribution < 1.29 is 9.59 Å². The van der Waals surface area contributed by atoms with Crippen molar-refractivity contribution in [2.75, 3.05) is 30.1 Å². The first kappa shape index (κ1) is 15.2. The van der Waals surface area contributed by atoms with E-state index in [1.807, 2.05) is 43.3 Å². The van der Waals surface area contributed by atoms with E-state index in [0.29, 0.717) is 12.2 Å². The van der Waals surface area contributed by atoms with Crippen molar-refractivity contribution in [2.24, 2.45) is 0 Å². The van der Waals surface area contributed by atoms with Gasteiger partial charge in [-0.15, -0.1) is 11.8 Å².